The minimum Gasteiger partial charge on any atom is -0.347 e. The number of thioether (sulfide) groups is 1. The number of anilines is 3. The zero-order valence-corrected chi connectivity index (χ0v) is 12.2. The first-order valence-electron chi connectivity index (χ1n) is 6.01. The lowest BCUT2D eigenvalue weighted by molar-refractivity contribution is 0.795. The van der Waals surface area contributed by atoms with Crippen LogP contribution in [0.2, 0.25) is 0 Å². The molecular weight excluding hydrogens is 248 g/mol. The van der Waals surface area contributed by atoms with Gasteiger partial charge in [-0.1, -0.05) is 0 Å². The average Bonchev–Trinajstić information content (AvgIpc) is 2.39. The van der Waals surface area contributed by atoms with E-state index in [4.69, 9.17) is 0 Å². The van der Waals surface area contributed by atoms with Crippen molar-refractivity contribution in [3.05, 3.63) is 0 Å². The van der Waals surface area contributed by atoms with E-state index in [1.807, 2.05) is 49.8 Å². The fourth-order valence-corrected chi connectivity index (χ4v) is 2.55. The Hall–Kier alpha value is -1.24. The number of nitrogens with zero attached hydrogens (tertiary/aromatic N) is 6. The third kappa shape index (κ3) is 2.95. The summed E-state index contributed by atoms with van der Waals surface area (Å²) in [5.41, 5.74) is 0. The van der Waals surface area contributed by atoms with E-state index in [9.17, 15) is 0 Å². The first-order valence-corrected chi connectivity index (χ1v) is 7.17. The van der Waals surface area contributed by atoms with E-state index in [-0.39, 0.29) is 0 Å². The molecule has 1 saturated heterocycles. The quantitative estimate of drug-likeness (QED) is 0.793. The topological polar surface area (TPSA) is 48.4 Å². The van der Waals surface area contributed by atoms with Crippen molar-refractivity contribution in [2.75, 3.05) is 67.5 Å². The van der Waals surface area contributed by atoms with Gasteiger partial charge in [0.15, 0.2) is 0 Å². The molecular formula is C11H20N6S. The van der Waals surface area contributed by atoms with Gasteiger partial charge in [-0.3, -0.25) is 0 Å². The van der Waals surface area contributed by atoms with Gasteiger partial charge in [0.2, 0.25) is 17.8 Å². The van der Waals surface area contributed by atoms with E-state index in [0.29, 0.717) is 11.9 Å². The van der Waals surface area contributed by atoms with Gasteiger partial charge in [0.1, 0.15) is 0 Å². The van der Waals surface area contributed by atoms with Crippen LogP contribution < -0.4 is 14.7 Å². The Labute approximate surface area is 112 Å². The molecule has 0 saturated carbocycles. The van der Waals surface area contributed by atoms with Crippen LogP contribution in [0.5, 0.6) is 0 Å². The molecule has 0 spiro atoms. The zero-order valence-electron chi connectivity index (χ0n) is 11.4. The Morgan fingerprint density at radius 1 is 0.889 bits per heavy atom. The van der Waals surface area contributed by atoms with Crippen molar-refractivity contribution in [1.82, 2.24) is 15.0 Å². The van der Waals surface area contributed by atoms with Gasteiger partial charge >= 0.3 is 0 Å². The average molecular weight is 268 g/mol. The van der Waals surface area contributed by atoms with Crippen molar-refractivity contribution in [3.63, 3.8) is 0 Å². The molecule has 1 aromatic heterocycles. The highest BCUT2D eigenvalue weighted by Crippen LogP contribution is 2.19. The molecule has 0 aliphatic carbocycles. The van der Waals surface area contributed by atoms with Crippen molar-refractivity contribution in [3.8, 4) is 0 Å². The Kier molecular flexibility index (Phi) is 4.11. The van der Waals surface area contributed by atoms with Gasteiger partial charge in [0.25, 0.3) is 0 Å². The summed E-state index contributed by atoms with van der Waals surface area (Å²) < 4.78 is 0. The molecule has 18 heavy (non-hydrogen) atoms. The minimum absolute atomic E-state index is 0.710. The van der Waals surface area contributed by atoms with Gasteiger partial charge < -0.3 is 14.7 Å². The molecule has 100 valence electrons. The van der Waals surface area contributed by atoms with Crippen LogP contribution in [0.15, 0.2) is 0 Å². The predicted molar refractivity (Wildman–Crippen MR) is 78.0 cm³/mol. The van der Waals surface area contributed by atoms with Crippen molar-refractivity contribution >= 4 is 29.6 Å². The highest BCUT2D eigenvalue weighted by atomic mass is 32.2. The van der Waals surface area contributed by atoms with E-state index in [2.05, 4.69) is 19.9 Å². The van der Waals surface area contributed by atoms with Gasteiger partial charge in [0.05, 0.1) is 0 Å². The van der Waals surface area contributed by atoms with Gasteiger partial charge in [0, 0.05) is 52.8 Å². The highest BCUT2D eigenvalue weighted by molar-refractivity contribution is 7.99. The lowest BCUT2D eigenvalue weighted by Crippen LogP contribution is -2.34. The fourth-order valence-electron chi connectivity index (χ4n) is 1.65. The third-order valence-corrected chi connectivity index (χ3v) is 3.64. The van der Waals surface area contributed by atoms with Crippen LogP contribution in [0.25, 0.3) is 0 Å². The Bertz CT molecular complexity index is 376. The molecule has 0 aromatic carbocycles. The van der Waals surface area contributed by atoms with Gasteiger partial charge in [-0.2, -0.15) is 26.7 Å². The van der Waals surface area contributed by atoms with Gasteiger partial charge in [-0.25, -0.2) is 0 Å². The van der Waals surface area contributed by atoms with Crippen LogP contribution in [0.1, 0.15) is 0 Å². The van der Waals surface area contributed by atoms with Crippen molar-refractivity contribution in [2.24, 2.45) is 0 Å². The molecule has 1 fully saturated rings. The third-order valence-electron chi connectivity index (χ3n) is 2.69. The van der Waals surface area contributed by atoms with E-state index < -0.39 is 0 Å². The van der Waals surface area contributed by atoms with E-state index >= 15 is 0 Å². The number of rotatable bonds is 3. The summed E-state index contributed by atoms with van der Waals surface area (Å²) in [7, 11) is 7.80. The molecule has 0 radical (unpaired) electrons. The Balaban J connectivity index is 2.32. The number of hydrogen-bond acceptors (Lipinski definition) is 7. The second-order valence-electron chi connectivity index (χ2n) is 4.62. The summed E-state index contributed by atoms with van der Waals surface area (Å²) in [6.45, 7) is 2.02. The molecule has 0 amide bonds. The van der Waals surface area contributed by atoms with Gasteiger partial charge in [-0.15, -0.1) is 0 Å². The smallest absolute Gasteiger partial charge is 0.232 e. The number of aromatic nitrogens is 3. The summed E-state index contributed by atoms with van der Waals surface area (Å²) in [6, 6.07) is 0. The largest absolute Gasteiger partial charge is 0.347 e. The van der Waals surface area contributed by atoms with Crippen LogP contribution in [0, 0.1) is 0 Å². The molecule has 1 aromatic rings. The molecule has 0 bridgehead atoms. The SMILES string of the molecule is CN(C)c1nc(N(C)C)nc(N2CCSCC2)n1. The summed E-state index contributed by atoms with van der Waals surface area (Å²) in [5, 5.41) is 0. The van der Waals surface area contributed by atoms with E-state index in [1.54, 1.807) is 0 Å². The van der Waals surface area contributed by atoms with Crippen molar-refractivity contribution in [1.29, 1.82) is 0 Å². The first-order chi connectivity index (χ1) is 8.58. The van der Waals surface area contributed by atoms with Crippen LogP contribution in [0.3, 0.4) is 0 Å². The van der Waals surface area contributed by atoms with Crippen molar-refractivity contribution < 1.29 is 0 Å². The monoisotopic (exact) mass is 268 g/mol. The zero-order chi connectivity index (χ0) is 13.1. The molecule has 0 unspecified atom stereocenters. The Morgan fingerprint density at radius 3 is 1.83 bits per heavy atom. The molecule has 0 atom stereocenters. The molecule has 2 heterocycles. The molecule has 0 N–H and O–H groups in total. The second-order valence-corrected chi connectivity index (χ2v) is 5.85. The van der Waals surface area contributed by atoms with Gasteiger partial charge in [-0.05, 0) is 0 Å². The van der Waals surface area contributed by atoms with Crippen LogP contribution in [0.4, 0.5) is 17.8 Å². The molecule has 7 heteroatoms. The second kappa shape index (κ2) is 5.60. The number of hydrogen-bond donors (Lipinski definition) is 0. The first kappa shape index (κ1) is 13.2. The molecule has 1 aliphatic rings. The summed E-state index contributed by atoms with van der Waals surface area (Å²) >= 11 is 1.98. The fraction of sp³-hybridized carbons (Fsp3) is 0.727. The molecule has 2 rings (SSSR count). The molecule has 6 nitrogen and oxygen atoms in total. The maximum Gasteiger partial charge on any atom is 0.232 e. The van der Waals surface area contributed by atoms with Crippen LogP contribution >= 0.6 is 11.8 Å². The standard InChI is InChI=1S/C11H20N6S/c1-15(2)9-12-10(16(3)4)14-11(13-9)17-5-7-18-8-6-17/h5-8H2,1-4H3. The Morgan fingerprint density at radius 2 is 1.39 bits per heavy atom. The lowest BCUT2D eigenvalue weighted by Gasteiger charge is -2.27. The maximum atomic E-state index is 4.53. The van der Waals surface area contributed by atoms with E-state index in [0.717, 1.165) is 30.5 Å². The van der Waals surface area contributed by atoms with Crippen LogP contribution in [-0.4, -0.2) is 67.7 Å². The van der Waals surface area contributed by atoms with Crippen molar-refractivity contribution in [2.45, 2.75) is 0 Å². The van der Waals surface area contributed by atoms with E-state index in [1.165, 1.54) is 0 Å². The highest BCUT2D eigenvalue weighted by Gasteiger charge is 2.17. The molecule has 1 aliphatic heterocycles. The predicted octanol–water partition coefficient (Wildman–Crippen LogP) is 0.557. The summed E-state index contributed by atoms with van der Waals surface area (Å²) in [4.78, 5) is 19.6. The summed E-state index contributed by atoms with van der Waals surface area (Å²) in [6.07, 6.45) is 0. The maximum absolute atomic E-state index is 4.53. The van der Waals surface area contributed by atoms with Crippen LogP contribution in [-0.2, 0) is 0 Å². The lowest BCUT2D eigenvalue weighted by atomic mass is 10.5. The summed E-state index contributed by atoms with van der Waals surface area (Å²) in [5.74, 6) is 4.49. The minimum atomic E-state index is 0.710. The normalized spacial score (nSPS) is 15.7.